The minimum Gasteiger partial charge on any atom is -0.340 e. The molecule has 0 atom stereocenters. The average molecular weight is 268 g/mol. The van der Waals surface area contributed by atoms with E-state index < -0.39 is 11.7 Å². The molecule has 0 aliphatic heterocycles. The fourth-order valence-electron chi connectivity index (χ4n) is 1.48. The minimum absolute atomic E-state index is 0.455. The van der Waals surface area contributed by atoms with E-state index in [0.29, 0.717) is 17.3 Å². The summed E-state index contributed by atoms with van der Waals surface area (Å²) in [5.41, 5.74) is 2.20. The van der Waals surface area contributed by atoms with E-state index in [1.807, 2.05) is 0 Å². The lowest BCUT2D eigenvalue weighted by Crippen LogP contribution is -2.09. The van der Waals surface area contributed by atoms with Gasteiger partial charge in [-0.2, -0.15) is 13.2 Å². The molecular formula is C12H11F3N4. The van der Waals surface area contributed by atoms with Crippen molar-refractivity contribution in [2.24, 2.45) is 5.84 Å². The Morgan fingerprint density at radius 2 is 1.58 bits per heavy atom. The standard InChI is InChI=1S/C12H11F3N4/c13-12(14,15)8-4-6-9(7-5-8)17-10-2-1-3-11(18-10)19-16/h1-7H,16H2,(H2,17,18,19). The molecule has 0 saturated heterocycles. The first-order chi connectivity index (χ1) is 8.99. The minimum atomic E-state index is -4.33. The molecule has 2 rings (SSSR count). The van der Waals surface area contributed by atoms with Gasteiger partial charge in [0.15, 0.2) is 0 Å². The van der Waals surface area contributed by atoms with Crippen molar-refractivity contribution in [3.8, 4) is 0 Å². The molecule has 19 heavy (non-hydrogen) atoms. The van der Waals surface area contributed by atoms with Crippen LogP contribution in [0.1, 0.15) is 5.56 Å². The predicted octanol–water partition coefficient (Wildman–Crippen LogP) is 3.13. The molecule has 7 heteroatoms. The van der Waals surface area contributed by atoms with E-state index in [-0.39, 0.29) is 0 Å². The van der Waals surface area contributed by atoms with Crippen LogP contribution in [0, 0.1) is 0 Å². The van der Waals surface area contributed by atoms with Crippen molar-refractivity contribution in [1.29, 1.82) is 0 Å². The maximum Gasteiger partial charge on any atom is 0.416 e. The highest BCUT2D eigenvalue weighted by Gasteiger charge is 2.29. The third kappa shape index (κ3) is 3.35. The van der Waals surface area contributed by atoms with Gasteiger partial charge in [0.05, 0.1) is 5.56 Å². The molecule has 0 aliphatic rings. The number of hydrazine groups is 1. The van der Waals surface area contributed by atoms with Crippen LogP contribution >= 0.6 is 0 Å². The summed E-state index contributed by atoms with van der Waals surface area (Å²) in [6.45, 7) is 0. The van der Waals surface area contributed by atoms with Crippen molar-refractivity contribution in [3.05, 3.63) is 48.0 Å². The zero-order valence-electron chi connectivity index (χ0n) is 9.70. The van der Waals surface area contributed by atoms with Gasteiger partial charge in [0.25, 0.3) is 0 Å². The van der Waals surface area contributed by atoms with Crippen LogP contribution in [0.3, 0.4) is 0 Å². The Morgan fingerprint density at radius 3 is 2.16 bits per heavy atom. The number of nitrogens with two attached hydrogens (primary N) is 1. The molecule has 4 N–H and O–H groups in total. The highest BCUT2D eigenvalue weighted by Crippen LogP contribution is 2.30. The first-order valence-corrected chi connectivity index (χ1v) is 5.37. The average Bonchev–Trinajstić information content (AvgIpc) is 2.38. The number of benzene rings is 1. The highest BCUT2D eigenvalue weighted by atomic mass is 19.4. The lowest BCUT2D eigenvalue weighted by Gasteiger charge is -2.09. The second-order valence-corrected chi connectivity index (χ2v) is 3.75. The molecule has 1 heterocycles. The maximum atomic E-state index is 12.4. The zero-order valence-corrected chi connectivity index (χ0v) is 9.70. The molecule has 0 fully saturated rings. The van der Waals surface area contributed by atoms with Crippen LogP contribution in [0.15, 0.2) is 42.5 Å². The Hall–Kier alpha value is -2.28. The fourth-order valence-corrected chi connectivity index (χ4v) is 1.48. The lowest BCUT2D eigenvalue weighted by molar-refractivity contribution is -0.137. The summed E-state index contributed by atoms with van der Waals surface area (Å²) in [5, 5.41) is 2.88. The predicted molar refractivity (Wildman–Crippen MR) is 66.8 cm³/mol. The molecule has 0 spiro atoms. The van der Waals surface area contributed by atoms with Gasteiger partial charge in [0.2, 0.25) is 0 Å². The van der Waals surface area contributed by atoms with E-state index in [4.69, 9.17) is 5.84 Å². The van der Waals surface area contributed by atoms with E-state index in [2.05, 4.69) is 15.7 Å². The van der Waals surface area contributed by atoms with Crippen molar-refractivity contribution >= 4 is 17.3 Å². The van der Waals surface area contributed by atoms with Gasteiger partial charge in [0, 0.05) is 5.69 Å². The number of aromatic nitrogens is 1. The van der Waals surface area contributed by atoms with Crippen molar-refractivity contribution in [1.82, 2.24) is 4.98 Å². The molecule has 1 aromatic heterocycles. The molecule has 2 aromatic rings. The lowest BCUT2D eigenvalue weighted by atomic mass is 10.2. The number of rotatable bonds is 3. The van der Waals surface area contributed by atoms with Crippen molar-refractivity contribution < 1.29 is 13.2 Å². The summed E-state index contributed by atoms with van der Waals surface area (Å²) in [6.07, 6.45) is -4.33. The number of nitrogen functional groups attached to an aromatic ring is 1. The van der Waals surface area contributed by atoms with Crippen molar-refractivity contribution in [2.45, 2.75) is 6.18 Å². The molecular weight excluding hydrogens is 257 g/mol. The Balaban J connectivity index is 2.15. The van der Waals surface area contributed by atoms with E-state index in [0.717, 1.165) is 12.1 Å². The third-order valence-electron chi connectivity index (χ3n) is 2.38. The second-order valence-electron chi connectivity index (χ2n) is 3.75. The summed E-state index contributed by atoms with van der Waals surface area (Å²) in [4.78, 5) is 4.09. The van der Waals surface area contributed by atoms with Crippen LogP contribution in [0.25, 0.3) is 0 Å². The summed E-state index contributed by atoms with van der Waals surface area (Å²) in [6, 6.07) is 9.76. The van der Waals surface area contributed by atoms with Gasteiger partial charge in [-0.25, -0.2) is 10.8 Å². The van der Waals surface area contributed by atoms with Gasteiger partial charge in [0.1, 0.15) is 11.6 Å². The van der Waals surface area contributed by atoms with E-state index in [9.17, 15) is 13.2 Å². The quantitative estimate of drug-likeness (QED) is 0.591. The number of hydrogen-bond acceptors (Lipinski definition) is 4. The number of halogens is 3. The number of nitrogens with one attached hydrogen (secondary N) is 2. The maximum absolute atomic E-state index is 12.4. The summed E-state index contributed by atoms with van der Waals surface area (Å²) >= 11 is 0. The molecule has 1 aromatic carbocycles. The molecule has 0 unspecified atom stereocenters. The molecule has 0 radical (unpaired) electrons. The SMILES string of the molecule is NNc1cccc(Nc2ccc(C(F)(F)F)cc2)n1. The van der Waals surface area contributed by atoms with E-state index in [1.54, 1.807) is 18.2 Å². The summed E-state index contributed by atoms with van der Waals surface area (Å²) < 4.78 is 37.2. The summed E-state index contributed by atoms with van der Waals surface area (Å²) in [5.74, 6) is 6.15. The van der Waals surface area contributed by atoms with Crippen molar-refractivity contribution in [3.63, 3.8) is 0 Å². The summed E-state index contributed by atoms with van der Waals surface area (Å²) in [7, 11) is 0. The number of nitrogens with zero attached hydrogens (tertiary/aromatic N) is 1. The largest absolute Gasteiger partial charge is 0.416 e. The number of pyridine rings is 1. The van der Waals surface area contributed by atoms with Crippen LogP contribution in [0.4, 0.5) is 30.5 Å². The van der Waals surface area contributed by atoms with E-state index >= 15 is 0 Å². The van der Waals surface area contributed by atoms with Crippen LogP contribution in [0.2, 0.25) is 0 Å². The van der Waals surface area contributed by atoms with E-state index in [1.165, 1.54) is 12.1 Å². The van der Waals surface area contributed by atoms with Crippen LogP contribution in [-0.4, -0.2) is 4.98 Å². The number of anilines is 3. The molecule has 0 aliphatic carbocycles. The van der Waals surface area contributed by atoms with Crippen LogP contribution in [0.5, 0.6) is 0 Å². The molecule has 4 nitrogen and oxygen atoms in total. The Labute approximate surface area is 107 Å². The zero-order chi connectivity index (χ0) is 13.9. The Bertz CT molecular complexity index is 552. The number of hydrogen-bond donors (Lipinski definition) is 3. The molecule has 0 saturated carbocycles. The van der Waals surface area contributed by atoms with Crippen LogP contribution in [-0.2, 0) is 6.18 Å². The first kappa shape index (κ1) is 13.2. The molecule has 0 bridgehead atoms. The first-order valence-electron chi connectivity index (χ1n) is 5.37. The Kier molecular flexibility index (Phi) is 3.57. The van der Waals surface area contributed by atoms with Gasteiger partial charge < -0.3 is 10.7 Å². The fraction of sp³-hybridized carbons (Fsp3) is 0.0833. The smallest absolute Gasteiger partial charge is 0.340 e. The molecule has 0 amide bonds. The second kappa shape index (κ2) is 5.15. The Morgan fingerprint density at radius 1 is 0.947 bits per heavy atom. The number of alkyl halides is 3. The van der Waals surface area contributed by atoms with Gasteiger partial charge in [-0.1, -0.05) is 6.07 Å². The van der Waals surface area contributed by atoms with Gasteiger partial charge >= 0.3 is 6.18 Å². The molecule has 100 valence electrons. The third-order valence-corrected chi connectivity index (χ3v) is 2.38. The topological polar surface area (TPSA) is 63.0 Å². The monoisotopic (exact) mass is 268 g/mol. The normalized spacial score (nSPS) is 11.2. The van der Waals surface area contributed by atoms with Crippen LogP contribution < -0.4 is 16.6 Å². The van der Waals surface area contributed by atoms with Gasteiger partial charge in [-0.3, -0.25) is 0 Å². The van der Waals surface area contributed by atoms with Gasteiger partial charge in [-0.05, 0) is 36.4 Å². The van der Waals surface area contributed by atoms with Gasteiger partial charge in [-0.15, -0.1) is 0 Å². The van der Waals surface area contributed by atoms with Crippen molar-refractivity contribution in [2.75, 3.05) is 10.7 Å². The highest BCUT2D eigenvalue weighted by molar-refractivity contribution is 5.58.